The van der Waals surface area contributed by atoms with Gasteiger partial charge in [0.25, 0.3) is 0 Å². The lowest BCUT2D eigenvalue weighted by molar-refractivity contribution is 0.0911. The minimum Gasteiger partial charge on any atom is -0.347 e. The second-order valence-electron chi connectivity index (χ2n) is 6.89. The number of hydrogen-bond donors (Lipinski definition) is 2. The van der Waals surface area contributed by atoms with Crippen molar-refractivity contribution in [3.63, 3.8) is 0 Å². The lowest BCUT2D eigenvalue weighted by Crippen LogP contribution is -2.29. The molecule has 0 spiro atoms. The number of unbranched alkanes of at least 4 members (excludes halogenated alkanes) is 7. The first-order valence-corrected chi connectivity index (χ1v) is 10.2. The van der Waals surface area contributed by atoms with Crippen molar-refractivity contribution in [1.29, 1.82) is 0 Å². The number of carbonyl (C=O) groups is 1. The Labute approximate surface area is 174 Å². The number of nitrogens with zero attached hydrogens (tertiary/aromatic N) is 2. The van der Waals surface area contributed by atoms with E-state index in [1.54, 1.807) is 0 Å². The van der Waals surface area contributed by atoms with Gasteiger partial charge in [-0.25, -0.2) is 0 Å². The van der Waals surface area contributed by atoms with Crippen LogP contribution < -0.4 is 11.1 Å². The van der Waals surface area contributed by atoms with Crippen LogP contribution in [-0.2, 0) is 6.42 Å². The Hall–Kier alpha value is -1.92. The summed E-state index contributed by atoms with van der Waals surface area (Å²) in [6.45, 7) is 3.00. The third kappa shape index (κ3) is 8.40. The van der Waals surface area contributed by atoms with Crippen LogP contribution in [0.2, 0.25) is 0 Å². The Kier molecular flexibility index (Phi) is 12.2. The first kappa shape index (κ1) is 24.1. The summed E-state index contributed by atoms with van der Waals surface area (Å²) in [7, 11) is 0. The SMILES string of the molecule is CCCCCCCCCCc1ccc(-c2noc(C(=O)NCCN)n2)cc1.Cl. The third-order valence-electron chi connectivity index (χ3n) is 4.58. The molecule has 7 heteroatoms. The van der Waals surface area contributed by atoms with Crippen LogP contribution in [0, 0.1) is 0 Å². The second-order valence-corrected chi connectivity index (χ2v) is 6.89. The van der Waals surface area contributed by atoms with Gasteiger partial charge in [-0.15, -0.1) is 12.4 Å². The Morgan fingerprint density at radius 3 is 2.32 bits per heavy atom. The van der Waals surface area contributed by atoms with E-state index in [9.17, 15) is 4.79 Å². The van der Waals surface area contributed by atoms with Crippen LogP contribution in [0.5, 0.6) is 0 Å². The molecule has 0 atom stereocenters. The molecule has 0 aliphatic carbocycles. The highest BCUT2D eigenvalue weighted by molar-refractivity contribution is 5.89. The van der Waals surface area contributed by atoms with Gasteiger partial charge in [-0.3, -0.25) is 4.79 Å². The summed E-state index contributed by atoms with van der Waals surface area (Å²) in [6.07, 6.45) is 11.7. The number of halogens is 1. The highest BCUT2D eigenvalue weighted by Crippen LogP contribution is 2.18. The van der Waals surface area contributed by atoms with E-state index >= 15 is 0 Å². The van der Waals surface area contributed by atoms with Crippen molar-refractivity contribution in [2.75, 3.05) is 13.1 Å². The Morgan fingerprint density at radius 2 is 1.68 bits per heavy atom. The van der Waals surface area contributed by atoms with Crippen molar-refractivity contribution in [2.45, 2.75) is 64.7 Å². The number of aromatic nitrogens is 2. The molecule has 0 aliphatic rings. The largest absolute Gasteiger partial charge is 0.347 e. The lowest BCUT2D eigenvalue weighted by atomic mass is 10.0. The number of aryl methyl sites for hydroxylation is 1. The number of carbonyl (C=O) groups excluding carboxylic acids is 1. The molecule has 0 bridgehead atoms. The van der Waals surface area contributed by atoms with Crippen LogP contribution in [-0.4, -0.2) is 29.1 Å². The molecule has 1 aromatic carbocycles. The molecule has 0 fully saturated rings. The number of rotatable bonds is 13. The van der Waals surface area contributed by atoms with E-state index in [0.717, 1.165) is 12.0 Å². The number of nitrogens with two attached hydrogens (primary N) is 1. The zero-order valence-corrected chi connectivity index (χ0v) is 17.6. The minimum absolute atomic E-state index is 0. The number of nitrogens with one attached hydrogen (secondary N) is 1. The monoisotopic (exact) mass is 408 g/mol. The molecular formula is C21H33ClN4O2. The second kappa shape index (κ2) is 14.1. The maximum absolute atomic E-state index is 11.8. The zero-order chi connectivity index (χ0) is 19.3. The van der Waals surface area contributed by atoms with E-state index < -0.39 is 5.91 Å². The fourth-order valence-corrected chi connectivity index (χ4v) is 2.98. The van der Waals surface area contributed by atoms with Gasteiger partial charge in [0.15, 0.2) is 0 Å². The van der Waals surface area contributed by atoms with Gasteiger partial charge in [-0.05, 0) is 18.4 Å². The van der Waals surface area contributed by atoms with Crippen LogP contribution in [0.4, 0.5) is 0 Å². The van der Waals surface area contributed by atoms with Gasteiger partial charge >= 0.3 is 11.8 Å². The van der Waals surface area contributed by atoms with E-state index in [1.807, 2.05) is 12.1 Å². The first-order valence-electron chi connectivity index (χ1n) is 10.2. The van der Waals surface area contributed by atoms with Gasteiger partial charge in [0.2, 0.25) is 5.82 Å². The highest BCUT2D eigenvalue weighted by atomic mass is 35.5. The molecule has 0 radical (unpaired) electrons. The van der Waals surface area contributed by atoms with Gasteiger partial charge in [-0.2, -0.15) is 4.98 Å². The average molecular weight is 409 g/mol. The van der Waals surface area contributed by atoms with E-state index in [0.29, 0.717) is 18.9 Å². The zero-order valence-electron chi connectivity index (χ0n) is 16.8. The molecule has 1 heterocycles. The molecule has 0 saturated carbocycles. The fourth-order valence-electron chi connectivity index (χ4n) is 2.98. The molecule has 0 aliphatic heterocycles. The van der Waals surface area contributed by atoms with Crippen LogP contribution in [0.3, 0.4) is 0 Å². The Morgan fingerprint density at radius 1 is 1.04 bits per heavy atom. The van der Waals surface area contributed by atoms with E-state index in [1.165, 1.54) is 56.9 Å². The topological polar surface area (TPSA) is 94.0 Å². The van der Waals surface area contributed by atoms with Crippen molar-refractivity contribution >= 4 is 18.3 Å². The van der Waals surface area contributed by atoms with Gasteiger partial charge in [0.1, 0.15) is 0 Å². The normalized spacial score (nSPS) is 10.5. The van der Waals surface area contributed by atoms with Crippen LogP contribution in [0.15, 0.2) is 28.8 Å². The third-order valence-corrected chi connectivity index (χ3v) is 4.58. The summed E-state index contributed by atoms with van der Waals surface area (Å²) in [5, 5.41) is 6.49. The average Bonchev–Trinajstić information content (AvgIpc) is 3.19. The molecular weight excluding hydrogens is 376 g/mol. The molecule has 28 heavy (non-hydrogen) atoms. The molecule has 0 saturated heterocycles. The maximum Gasteiger partial charge on any atom is 0.316 e. The molecule has 0 unspecified atom stereocenters. The molecule has 1 aromatic heterocycles. The van der Waals surface area contributed by atoms with Crippen molar-refractivity contribution < 1.29 is 9.32 Å². The number of benzene rings is 1. The number of amides is 1. The molecule has 1 amide bonds. The van der Waals surface area contributed by atoms with Crippen molar-refractivity contribution in [3.05, 3.63) is 35.7 Å². The van der Waals surface area contributed by atoms with Crippen LogP contribution in [0.1, 0.15) is 74.5 Å². The summed E-state index contributed by atoms with van der Waals surface area (Å²) >= 11 is 0. The van der Waals surface area contributed by atoms with E-state index in [4.69, 9.17) is 10.3 Å². The minimum atomic E-state index is -0.398. The quantitative estimate of drug-likeness (QED) is 0.475. The predicted molar refractivity (Wildman–Crippen MR) is 115 cm³/mol. The number of hydrogen-bond acceptors (Lipinski definition) is 5. The Bertz CT molecular complexity index is 673. The summed E-state index contributed by atoms with van der Waals surface area (Å²) in [4.78, 5) is 15.9. The molecule has 3 N–H and O–H groups in total. The Balaban J connectivity index is 0.00000392. The summed E-state index contributed by atoms with van der Waals surface area (Å²) in [6, 6.07) is 8.15. The van der Waals surface area contributed by atoms with Gasteiger partial charge in [-0.1, -0.05) is 81.3 Å². The van der Waals surface area contributed by atoms with Crippen molar-refractivity contribution in [1.82, 2.24) is 15.5 Å². The van der Waals surface area contributed by atoms with E-state index in [-0.39, 0.29) is 18.3 Å². The smallest absolute Gasteiger partial charge is 0.316 e. The van der Waals surface area contributed by atoms with Gasteiger partial charge in [0, 0.05) is 18.7 Å². The van der Waals surface area contributed by atoms with Crippen molar-refractivity contribution in [3.8, 4) is 11.4 Å². The lowest BCUT2D eigenvalue weighted by Gasteiger charge is -2.03. The maximum atomic E-state index is 11.8. The molecule has 156 valence electrons. The van der Waals surface area contributed by atoms with Gasteiger partial charge < -0.3 is 15.6 Å². The van der Waals surface area contributed by atoms with Crippen LogP contribution in [0.25, 0.3) is 11.4 Å². The fraction of sp³-hybridized carbons (Fsp3) is 0.571. The van der Waals surface area contributed by atoms with E-state index in [2.05, 4.69) is 34.5 Å². The van der Waals surface area contributed by atoms with Gasteiger partial charge in [0.05, 0.1) is 0 Å². The van der Waals surface area contributed by atoms with Crippen LogP contribution >= 0.6 is 12.4 Å². The first-order chi connectivity index (χ1) is 13.2. The summed E-state index contributed by atoms with van der Waals surface area (Å²) < 4.78 is 5.02. The summed E-state index contributed by atoms with van der Waals surface area (Å²) in [5.41, 5.74) is 7.52. The predicted octanol–water partition coefficient (Wildman–Crippen LogP) is 4.53. The summed E-state index contributed by atoms with van der Waals surface area (Å²) in [5.74, 6) is -0.0153. The molecule has 6 nitrogen and oxygen atoms in total. The van der Waals surface area contributed by atoms with Crippen molar-refractivity contribution in [2.24, 2.45) is 5.73 Å². The molecule has 2 rings (SSSR count). The highest BCUT2D eigenvalue weighted by Gasteiger charge is 2.15. The molecule has 2 aromatic rings. The standard InChI is InChI=1S/C21H32N4O2.ClH/c1-2-3-4-5-6-7-8-9-10-17-11-13-18(14-12-17)19-24-21(27-25-19)20(26)23-16-15-22;/h11-14H,2-10,15-16,22H2,1H3,(H,23,26);1H.